The van der Waals surface area contributed by atoms with Crippen molar-refractivity contribution < 1.29 is 8.81 Å². The van der Waals surface area contributed by atoms with Gasteiger partial charge in [-0.25, -0.2) is 9.37 Å². The zero-order chi connectivity index (χ0) is 22.8. The van der Waals surface area contributed by atoms with E-state index in [1.165, 1.54) is 22.4 Å². The zero-order valence-electron chi connectivity index (χ0n) is 17.7. The Bertz CT molecular complexity index is 1500. The molecule has 8 heteroatoms. The van der Waals surface area contributed by atoms with Crippen LogP contribution in [0.25, 0.3) is 16.6 Å². The predicted molar refractivity (Wildman–Crippen MR) is 125 cm³/mol. The number of aromatic nitrogens is 4. The van der Waals surface area contributed by atoms with E-state index in [4.69, 9.17) is 4.42 Å². The number of hydrogen-bond acceptors (Lipinski definition) is 6. The number of fused-ring (bicyclic) bond motifs is 1. The Morgan fingerprint density at radius 2 is 1.73 bits per heavy atom. The number of rotatable bonds is 6. The van der Waals surface area contributed by atoms with Gasteiger partial charge in [0.05, 0.1) is 28.8 Å². The van der Waals surface area contributed by atoms with Crippen LogP contribution in [0.15, 0.2) is 87.2 Å². The Morgan fingerprint density at radius 3 is 2.55 bits per heavy atom. The number of para-hydroxylation sites is 1. The number of thioether (sulfide) groups is 1. The second-order valence-corrected chi connectivity index (χ2v) is 8.47. The lowest BCUT2D eigenvalue weighted by atomic mass is 10.2. The van der Waals surface area contributed by atoms with Crippen LogP contribution in [0.5, 0.6) is 0 Å². The standard InChI is InChI=1S/C25H19FN4O2S/c1-16-11-12-18(14-20(16)26)30-24(31)19-9-5-6-10-21(19)27-25(30)33-15-23-29-28-22(32-23)13-17-7-3-2-4-8-17/h2-12,14H,13,15H2,1H3. The van der Waals surface area contributed by atoms with E-state index < -0.39 is 0 Å². The molecule has 0 bridgehead atoms. The van der Waals surface area contributed by atoms with Crippen molar-refractivity contribution in [2.24, 2.45) is 0 Å². The maximum atomic E-state index is 14.3. The molecule has 5 rings (SSSR count). The molecular formula is C25H19FN4O2S. The highest BCUT2D eigenvalue weighted by atomic mass is 32.2. The van der Waals surface area contributed by atoms with Gasteiger partial charge in [-0.2, -0.15) is 0 Å². The Morgan fingerprint density at radius 1 is 0.970 bits per heavy atom. The third-order valence-electron chi connectivity index (χ3n) is 5.19. The summed E-state index contributed by atoms with van der Waals surface area (Å²) in [5.74, 6) is 0.878. The molecule has 0 spiro atoms. The van der Waals surface area contributed by atoms with E-state index in [-0.39, 0.29) is 11.4 Å². The van der Waals surface area contributed by atoms with Crippen LogP contribution in [0.1, 0.15) is 22.9 Å². The minimum absolute atomic E-state index is 0.262. The number of halogens is 1. The van der Waals surface area contributed by atoms with E-state index in [0.717, 1.165) is 5.56 Å². The molecule has 3 aromatic carbocycles. The normalized spacial score (nSPS) is 11.2. The summed E-state index contributed by atoms with van der Waals surface area (Å²) in [5.41, 5.74) is 2.31. The molecule has 0 saturated carbocycles. The molecule has 0 saturated heterocycles. The molecule has 33 heavy (non-hydrogen) atoms. The minimum Gasteiger partial charge on any atom is -0.424 e. The van der Waals surface area contributed by atoms with Gasteiger partial charge in [-0.3, -0.25) is 9.36 Å². The molecule has 2 heterocycles. The van der Waals surface area contributed by atoms with Gasteiger partial charge in [0, 0.05) is 0 Å². The van der Waals surface area contributed by atoms with Gasteiger partial charge in [-0.05, 0) is 42.3 Å². The quantitative estimate of drug-likeness (QED) is 0.260. The summed E-state index contributed by atoms with van der Waals surface area (Å²) in [6.07, 6.45) is 0.542. The zero-order valence-corrected chi connectivity index (χ0v) is 18.6. The maximum absolute atomic E-state index is 14.3. The molecule has 0 aliphatic carbocycles. The molecule has 0 amide bonds. The van der Waals surface area contributed by atoms with E-state index in [1.807, 2.05) is 36.4 Å². The van der Waals surface area contributed by atoms with Crippen molar-refractivity contribution in [3.63, 3.8) is 0 Å². The fraction of sp³-hybridized carbons (Fsp3) is 0.120. The first-order valence-corrected chi connectivity index (χ1v) is 11.3. The van der Waals surface area contributed by atoms with E-state index >= 15 is 0 Å². The molecule has 2 aromatic heterocycles. The largest absolute Gasteiger partial charge is 0.424 e. The van der Waals surface area contributed by atoms with Crippen LogP contribution in [0.4, 0.5) is 4.39 Å². The third-order valence-corrected chi connectivity index (χ3v) is 6.11. The topological polar surface area (TPSA) is 73.8 Å². The second-order valence-electron chi connectivity index (χ2n) is 7.53. The molecular weight excluding hydrogens is 439 g/mol. The number of hydrogen-bond donors (Lipinski definition) is 0. The van der Waals surface area contributed by atoms with Crippen LogP contribution >= 0.6 is 11.8 Å². The summed E-state index contributed by atoms with van der Waals surface area (Å²) in [6.45, 7) is 1.68. The number of benzene rings is 3. The lowest BCUT2D eigenvalue weighted by molar-refractivity contribution is 0.474. The van der Waals surface area contributed by atoms with Crippen molar-refractivity contribution in [2.45, 2.75) is 24.3 Å². The van der Waals surface area contributed by atoms with E-state index in [1.54, 1.807) is 37.3 Å². The van der Waals surface area contributed by atoms with Gasteiger partial charge < -0.3 is 4.42 Å². The van der Waals surface area contributed by atoms with Gasteiger partial charge in [0.2, 0.25) is 11.8 Å². The molecule has 0 fully saturated rings. The van der Waals surface area contributed by atoms with Crippen molar-refractivity contribution in [2.75, 3.05) is 0 Å². The van der Waals surface area contributed by atoms with Gasteiger partial charge in [-0.1, -0.05) is 60.3 Å². The lowest BCUT2D eigenvalue weighted by Crippen LogP contribution is -2.22. The fourth-order valence-electron chi connectivity index (χ4n) is 3.47. The van der Waals surface area contributed by atoms with Crippen molar-refractivity contribution in [3.8, 4) is 5.69 Å². The Kier molecular flexibility index (Phi) is 5.75. The molecule has 164 valence electrons. The van der Waals surface area contributed by atoms with Crippen molar-refractivity contribution in [1.29, 1.82) is 0 Å². The molecule has 0 aliphatic heterocycles. The van der Waals surface area contributed by atoms with E-state index in [9.17, 15) is 9.18 Å². The van der Waals surface area contributed by atoms with Crippen molar-refractivity contribution in [3.05, 3.63) is 112 Å². The van der Waals surface area contributed by atoms with Gasteiger partial charge in [0.25, 0.3) is 5.56 Å². The summed E-state index contributed by atoms with van der Waals surface area (Å²) in [6, 6.07) is 21.7. The van der Waals surface area contributed by atoms with E-state index in [2.05, 4.69) is 15.2 Å². The Balaban J connectivity index is 1.47. The van der Waals surface area contributed by atoms with Crippen LogP contribution in [-0.2, 0) is 12.2 Å². The van der Waals surface area contributed by atoms with Crippen LogP contribution in [-0.4, -0.2) is 19.7 Å². The van der Waals surface area contributed by atoms with Gasteiger partial charge >= 0.3 is 0 Å². The van der Waals surface area contributed by atoms with Crippen LogP contribution < -0.4 is 5.56 Å². The summed E-state index contributed by atoms with van der Waals surface area (Å²) in [4.78, 5) is 18.0. The number of aryl methyl sites for hydroxylation is 1. The van der Waals surface area contributed by atoms with Crippen LogP contribution in [0.2, 0.25) is 0 Å². The highest BCUT2D eigenvalue weighted by Crippen LogP contribution is 2.25. The Labute approximate surface area is 193 Å². The van der Waals surface area contributed by atoms with Gasteiger partial charge in [0.15, 0.2) is 5.16 Å². The summed E-state index contributed by atoms with van der Waals surface area (Å²) >= 11 is 1.29. The lowest BCUT2D eigenvalue weighted by Gasteiger charge is -2.13. The average Bonchev–Trinajstić information content (AvgIpc) is 3.28. The van der Waals surface area contributed by atoms with Crippen LogP contribution in [0, 0.1) is 12.7 Å². The predicted octanol–water partition coefficient (Wildman–Crippen LogP) is 5.10. The third kappa shape index (κ3) is 4.42. The summed E-state index contributed by atoms with van der Waals surface area (Å²) in [5, 5.41) is 9.14. The molecule has 0 N–H and O–H groups in total. The van der Waals surface area contributed by atoms with Gasteiger partial charge in [-0.15, -0.1) is 10.2 Å². The molecule has 0 unspecified atom stereocenters. The maximum Gasteiger partial charge on any atom is 0.266 e. The monoisotopic (exact) mass is 458 g/mol. The summed E-state index contributed by atoms with van der Waals surface area (Å²) < 4.78 is 21.5. The van der Waals surface area contributed by atoms with Crippen molar-refractivity contribution >= 4 is 22.7 Å². The van der Waals surface area contributed by atoms with E-state index in [0.29, 0.717) is 51.3 Å². The van der Waals surface area contributed by atoms with Crippen LogP contribution in [0.3, 0.4) is 0 Å². The molecule has 0 atom stereocenters. The first-order chi connectivity index (χ1) is 16.1. The van der Waals surface area contributed by atoms with Gasteiger partial charge in [0.1, 0.15) is 5.82 Å². The highest BCUT2D eigenvalue weighted by Gasteiger charge is 2.16. The second kappa shape index (κ2) is 8.99. The molecule has 5 aromatic rings. The average molecular weight is 459 g/mol. The fourth-order valence-corrected chi connectivity index (χ4v) is 4.32. The highest BCUT2D eigenvalue weighted by molar-refractivity contribution is 7.98. The SMILES string of the molecule is Cc1ccc(-n2c(SCc3nnc(Cc4ccccc4)o3)nc3ccccc3c2=O)cc1F. The molecule has 6 nitrogen and oxygen atoms in total. The first kappa shape index (κ1) is 21.1. The summed E-state index contributed by atoms with van der Waals surface area (Å²) in [7, 11) is 0. The number of nitrogens with zero attached hydrogens (tertiary/aromatic N) is 4. The van der Waals surface area contributed by atoms with Crippen molar-refractivity contribution in [1.82, 2.24) is 19.7 Å². The minimum atomic E-state index is -0.383. The smallest absolute Gasteiger partial charge is 0.266 e. The Hall–Kier alpha value is -3.78. The molecule has 0 aliphatic rings. The first-order valence-electron chi connectivity index (χ1n) is 10.3. The molecule has 0 radical (unpaired) electrons.